The average Bonchev–Trinajstić information content (AvgIpc) is 2.26. The first-order valence-electron chi connectivity index (χ1n) is 3.40. The first-order chi connectivity index (χ1) is 5.57. The summed E-state index contributed by atoms with van der Waals surface area (Å²) >= 11 is 0. The highest BCUT2D eigenvalue weighted by molar-refractivity contribution is 6.39. The molecule has 0 aliphatic carbocycles. The molecule has 12 heavy (non-hydrogen) atoms. The van der Waals surface area contributed by atoms with E-state index in [4.69, 9.17) is 0 Å². The lowest BCUT2D eigenvalue weighted by molar-refractivity contribution is -0.150. The Morgan fingerprint density at radius 2 is 2.08 bits per heavy atom. The fourth-order valence-electron chi connectivity index (χ4n) is 1.06. The summed E-state index contributed by atoms with van der Waals surface area (Å²) in [6.07, 6.45) is -0.711. The first-order valence-corrected chi connectivity index (χ1v) is 3.40. The minimum Gasteiger partial charge on any atom is -0.468 e. The quantitative estimate of drug-likeness (QED) is 0.297. The van der Waals surface area contributed by atoms with Gasteiger partial charge in [0.15, 0.2) is 5.92 Å². The van der Waals surface area contributed by atoms with Gasteiger partial charge in [0.1, 0.15) is 6.10 Å². The zero-order valence-electron chi connectivity index (χ0n) is 6.70. The van der Waals surface area contributed by atoms with Crippen molar-refractivity contribution in [2.24, 2.45) is 5.92 Å². The molecule has 1 unspecified atom stereocenters. The van der Waals surface area contributed by atoms with Gasteiger partial charge >= 0.3 is 11.9 Å². The van der Waals surface area contributed by atoms with E-state index in [-0.39, 0.29) is 0 Å². The van der Waals surface area contributed by atoms with Crippen LogP contribution >= 0.6 is 0 Å². The highest BCUT2D eigenvalue weighted by Gasteiger charge is 2.46. The average molecular weight is 172 g/mol. The van der Waals surface area contributed by atoms with Crippen LogP contribution in [0.5, 0.6) is 0 Å². The molecular formula is C7H8O5. The van der Waals surface area contributed by atoms with Gasteiger partial charge in [0, 0.05) is 0 Å². The molecule has 1 aliphatic rings. The number of esters is 2. The maximum atomic E-state index is 10.9. The minimum absolute atomic E-state index is 0.711. The van der Waals surface area contributed by atoms with Crippen molar-refractivity contribution in [2.45, 2.75) is 13.0 Å². The molecule has 0 radical (unpaired) electrons. The molecule has 2 atom stereocenters. The Labute approximate surface area is 68.6 Å². The normalized spacial score (nSPS) is 28.5. The lowest BCUT2D eigenvalue weighted by atomic mass is 10.0. The molecule has 5 nitrogen and oxygen atoms in total. The van der Waals surface area contributed by atoms with E-state index < -0.39 is 29.7 Å². The molecule has 0 spiro atoms. The molecule has 1 rings (SSSR count). The molecule has 0 bridgehead atoms. The van der Waals surface area contributed by atoms with Crippen molar-refractivity contribution in [1.29, 1.82) is 0 Å². The minimum atomic E-state index is -1.08. The van der Waals surface area contributed by atoms with Crippen LogP contribution in [0.25, 0.3) is 0 Å². The summed E-state index contributed by atoms with van der Waals surface area (Å²) in [5, 5.41) is 0. The molecule has 5 heteroatoms. The molecule has 1 fully saturated rings. The number of cyclic esters (lactones) is 1. The van der Waals surface area contributed by atoms with Gasteiger partial charge in [-0.1, -0.05) is 0 Å². The van der Waals surface area contributed by atoms with Crippen molar-refractivity contribution >= 4 is 17.7 Å². The third kappa shape index (κ3) is 1.17. The van der Waals surface area contributed by atoms with E-state index >= 15 is 0 Å². The van der Waals surface area contributed by atoms with Gasteiger partial charge in [-0.05, 0) is 6.92 Å². The van der Waals surface area contributed by atoms with Crippen LogP contribution in [0.1, 0.15) is 6.92 Å². The largest absolute Gasteiger partial charge is 0.468 e. The third-order valence-corrected chi connectivity index (χ3v) is 1.70. The van der Waals surface area contributed by atoms with Crippen molar-refractivity contribution in [2.75, 3.05) is 7.11 Å². The molecule has 0 N–H and O–H groups in total. The number of hydrogen-bond acceptors (Lipinski definition) is 5. The van der Waals surface area contributed by atoms with E-state index in [1.807, 2.05) is 0 Å². The lowest BCUT2D eigenvalue weighted by Crippen LogP contribution is -2.28. The van der Waals surface area contributed by atoms with E-state index in [0.717, 1.165) is 7.11 Å². The van der Waals surface area contributed by atoms with Crippen LogP contribution in [0.3, 0.4) is 0 Å². The zero-order valence-corrected chi connectivity index (χ0v) is 6.70. The second-order valence-electron chi connectivity index (χ2n) is 2.48. The van der Waals surface area contributed by atoms with E-state index in [9.17, 15) is 14.4 Å². The Morgan fingerprint density at radius 1 is 1.50 bits per heavy atom. The summed E-state index contributed by atoms with van der Waals surface area (Å²) < 4.78 is 8.85. The summed E-state index contributed by atoms with van der Waals surface area (Å²) in [6, 6.07) is 0. The fourth-order valence-corrected chi connectivity index (χ4v) is 1.06. The van der Waals surface area contributed by atoms with Crippen LogP contribution in [-0.2, 0) is 23.9 Å². The highest BCUT2D eigenvalue weighted by atomic mass is 16.6. The summed E-state index contributed by atoms with van der Waals surface area (Å²) in [5.74, 6) is -3.59. The molecular weight excluding hydrogens is 164 g/mol. The summed E-state index contributed by atoms with van der Waals surface area (Å²) in [7, 11) is 1.16. The molecule has 0 saturated carbocycles. The van der Waals surface area contributed by atoms with Crippen LogP contribution in [0.4, 0.5) is 0 Å². The maximum Gasteiger partial charge on any atom is 0.375 e. The number of ketones is 1. The molecule has 1 saturated heterocycles. The van der Waals surface area contributed by atoms with E-state index in [1.165, 1.54) is 6.92 Å². The van der Waals surface area contributed by atoms with Crippen LogP contribution in [0.2, 0.25) is 0 Å². The Hall–Kier alpha value is -1.39. The Bertz CT molecular complexity index is 244. The maximum absolute atomic E-state index is 10.9. The van der Waals surface area contributed by atoms with Gasteiger partial charge in [-0.3, -0.25) is 9.59 Å². The predicted octanol–water partition coefficient (Wildman–Crippen LogP) is -0.710. The van der Waals surface area contributed by atoms with Crippen LogP contribution in [0.15, 0.2) is 0 Å². The smallest absolute Gasteiger partial charge is 0.375 e. The summed E-state index contributed by atoms with van der Waals surface area (Å²) in [4.78, 5) is 32.5. The molecule has 0 amide bonds. The number of rotatable bonds is 1. The fraction of sp³-hybridized carbons (Fsp3) is 0.571. The Kier molecular flexibility index (Phi) is 2.12. The lowest BCUT2D eigenvalue weighted by Gasteiger charge is -2.07. The van der Waals surface area contributed by atoms with Crippen molar-refractivity contribution in [3.8, 4) is 0 Å². The van der Waals surface area contributed by atoms with E-state index in [0.29, 0.717) is 0 Å². The molecule has 0 aromatic heterocycles. The van der Waals surface area contributed by atoms with Gasteiger partial charge in [-0.2, -0.15) is 0 Å². The predicted molar refractivity (Wildman–Crippen MR) is 36.1 cm³/mol. The van der Waals surface area contributed by atoms with Gasteiger partial charge in [0.25, 0.3) is 5.78 Å². The number of carbonyl (C=O) groups is 3. The second-order valence-corrected chi connectivity index (χ2v) is 2.48. The summed E-state index contributed by atoms with van der Waals surface area (Å²) in [5.41, 5.74) is 0. The van der Waals surface area contributed by atoms with Gasteiger partial charge in [0.2, 0.25) is 0 Å². The van der Waals surface area contributed by atoms with Crippen LogP contribution < -0.4 is 0 Å². The number of Topliss-reactive ketones (excluding diaryl/α,β-unsaturated/α-hetero) is 1. The number of hydrogen-bond donors (Lipinski definition) is 0. The van der Waals surface area contributed by atoms with Gasteiger partial charge in [-0.25, -0.2) is 4.79 Å². The Balaban J connectivity index is 2.83. The van der Waals surface area contributed by atoms with Gasteiger partial charge < -0.3 is 9.47 Å². The van der Waals surface area contributed by atoms with Crippen molar-refractivity contribution in [3.63, 3.8) is 0 Å². The topological polar surface area (TPSA) is 69.7 Å². The molecule has 66 valence electrons. The highest BCUT2D eigenvalue weighted by Crippen LogP contribution is 2.19. The van der Waals surface area contributed by atoms with Gasteiger partial charge in [0.05, 0.1) is 7.11 Å². The van der Waals surface area contributed by atoms with E-state index in [1.54, 1.807) is 0 Å². The standard InChI is InChI=1S/C7H8O5/c1-3-4(6(9)11-2)5(8)7(10)12-3/h3-4H,1-2H3/t3-,4?/m1/s1. The van der Waals surface area contributed by atoms with Crippen molar-refractivity contribution in [1.82, 2.24) is 0 Å². The van der Waals surface area contributed by atoms with E-state index in [2.05, 4.69) is 9.47 Å². The molecule has 1 aliphatic heterocycles. The van der Waals surface area contributed by atoms with Crippen molar-refractivity contribution < 1.29 is 23.9 Å². The molecule has 0 aromatic carbocycles. The van der Waals surface area contributed by atoms with Crippen LogP contribution in [-0.4, -0.2) is 30.9 Å². The first kappa shape index (κ1) is 8.70. The van der Waals surface area contributed by atoms with Gasteiger partial charge in [-0.15, -0.1) is 0 Å². The number of methoxy groups -OCH3 is 1. The SMILES string of the molecule is COC(=O)C1C(=O)C(=O)O[C@@H]1C. The van der Waals surface area contributed by atoms with Crippen LogP contribution in [0, 0.1) is 5.92 Å². The monoisotopic (exact) mass is 172 g/mol. The van der Waals surface area contributed by atoms with Crippen molar-refractivity contribution in [3.05, 3.63) is 0 Å². The second kappa shape index (κ2) is 2.92. The molecule has 1 heterocycles. The number of carbonyl (C=O) groups excluding carboxylic acids is 3. The third-order valence-electron chi connectivity index (χ3n) is 1.70. The summed E-state index contributed by atoms with van der Waals surface area (Å²) in [6.45, 7) is 1.48. The zero-order chi connectivity index (χ0) is 9.30. The molecule has 0 aromatic rings. The number of ether oxygens (including phenoxy) is 2. The Morgan fingerprint density at radius 3 is 2.42 bits per heavy atom.